The lowest BCUT2D eigenvalue weighted by Gasteiger charge is -1.99. The molecule has 0 amide bonds. The van der Waals surface area contributed by atoms with Crippen molar-refractivity contribution in [2.45, 2.75) is 6.92 Å². The van der Waals surface area contributed by atoms with Gasteiger partial charge >= 0.3 is 0 Å². The summed E-state index contributed by atoms with van der Waals surface area (Å²) in [7, 11) is 0. The Morgan fingerprint density at radius 3 is 1.90 bits per heavy atom. The summed E-state index contributed by atoms with van der Waals surface area (Å²) >= 11 is 5.76. The van der Waals surface area contributed by atoms with Crippen molar-refractivity contribution in [1.29, 1.82) is 0 Å². The van der Waals surface area contributed by atoms with Crippen LogP contribution in [0.5, 0.6) is 0 Å². The molecule has 0 N–H and O–H groups in total. The molecule has 0 radical (unpaired) electrons. The van der Waals surface area contributed by atoms with Crippen molar-refractivity contribution in [3.63, 3.8) is 0 Å². The molecule has 0 aliphatic rings. The van der Waals surface area contributed by atoms with E-state index in [-0.39, 0.29) is 0 Å². The van der Waals surface area contributed by atoms with E-state index < -0.39 is 0 Å². The van der Waals surface area contributed by atoms with Crippen molar-refractivity contribution < 1.29 is 0 Å². The van der Waals surface area contributed by atoms with Crippen molar-refractivity contribution in [1.82, 2.24) is 0 Å². The largest absolute Gasteiger partial charge is 0.0984 e. The van der Waals surface area contributed by atoms with Gasteiger partial charge in [0.05, 0.1) is 0 Å². The van der Waals surface area contributed by atoms with Crippen LogP contribution in [0, 0.1) is 0 Å². The molecule has 0 aromatic rings. The molecule has 0 saturated heterocycles. The van der Waals surface area contributed by atoms with Crippen molar-refractivity contribution in [3.05, 3.63) is 48.1 Å². The maximum Gasteiger partial charge on any atom is 0.0474 e. The molecule has 1 heteroatoms. The molecule has 10 heavy (non-hydrogen) atoms. The first-order valence-corrected chi connectivity index (χ1v) is 3.31. The van der Waals surface area contributed by atoms with Gasteiger partial charge in [-0.3, -0.25) is 0 Å². The second-order valence-corrected chi connectivity index (χ2v) is 2.36. The molecular formula is C9H11Cl. The quantitative estimate of drug-likeness (QED) is 0.547. The molecule has 0 nitrogen and oxygen atoms in total. The minimum atomic E-state index is 0.600. The molecular weight excluding hydrogens is 144 g/mol. The van der Waals surface area contributed by atoms with E-state index in [4.69, 9.17) is 11.6 Å². The molecule has 54 valence electrons. The molecule has 0 unspecified atom stereocenters. The molecule has 0 atom stereocenters. The Kier molecular flexibility index (Phi) is 3.82. The standard InChI is InChI=1S/C9H11Cl/c1-5-8(7(3)4)9(10)6-2/h5-6H,1-3H2,4H3/b9-8+. The fourth-order valence-corrected chi connectivity index (χ4v) is 0.824. The predicted molar refractivity (Wildman–Crippen MR) is 48.1 cm³/mol. The summed E-state index contributed by atoms with van der Waals surface area (Å²) in [5.41, 5.74) is 1.76. The van der Waals surface area contributed by atoms with E-state index >= 15 is 0 Å². The molecule has 0 aromatic carbocycles. The minimum absolute atomic E-state index is 0.600. The highest BCUT2D eigenvalue weighted by Crippen LogP contribution is 2.17. The molecule has 0 heterocycles. The van der Waals surface area contributed by atoms with Gasteiger partial charge in [-0.2, -0.15) is 0 Å². The van der Waals surface area contributed by atoms with Crippen molar-refractivity contribution >= 4 is 11.6 Å². The summed E-state index contributed by atoms with van der Waals surface area (Å²) in [6.45, 7) is 12.7. The minimum Gasteiger partial charge on any atom is -0.0984 e. The van der Waals surface area contributed by atoms with Crippen LogP contribution in [0.2, 0.25) is 0 Å². The van der Waals surface area contributed by atoms with Gasteiger partial charge in [-0.25, -0.2) is 0 Å². The summed E-state index contributed by atoms with van der Waals surface area (Å²) in [6, 6.07) is 0. The molecule has 0 aliphatic carbocycles. The monoisotopic (exact) mass is 154 g/mol. The molecule has 0 rings (SSSR count). The average Bonchev–Trinajstić information content (AvgIpc) is 1.88. The third kappa shape index (κ3) is 2.24. The second kappa shape index (κ2) is 4.13. The van der Waals surface area contributed by atoms with Gasteiger partial charge in [-0.15, -0.1) is 0 Å². The zero-order chi connectivity index (χ0) is 8.15. The Morgan fingerprint density at radius 2 is 1.80 bits per heavy atom. The van der Waals surface area contributed by atoms with Crippen LogP contribution in [-0.4, -0.2) is 0 Å². The third-order valence-corrected chi connectivity index (χ3v) is 1.46. The topological polar surface area (TPSA) is 0 Å². The van der Waals surface area contributed by atoms with Crippen LogP contribution in [0.15, 0.2) is 48.1 Å². The van der Waals surface area contributed by atoms with E-state index in [0.717, 1.165) is 11.1 Å². The van der Waals surface area contributed by atoms with E-state index in [0.29, 0.717) is 5.03 Å². The van der Waals surface area contributed by atoms with Crippen molar-refractivity contribution in [2.24, 2.45) is 0 Å². The average molecular weight is 155 g/mol. The predicted octanol–water partition coefficient (Wildman–Crippen LogP) is 3.43. The van der Waals surface area contributed by atoms with Gasteiger partial charge in [-0.1, -0.05) is 43.5 Å². The van der Waals surface area contributed by atoms with Gasteiger partial charge in [0.25, 0.3) is 0 Å². The summed E-state index contributed by atoms with van der Waals surface area (Å²) < 4.78 is 0. The van der Waals surface area contributed by atoms with Gasteiger partial charge in [0, 0.05) is 5.03 Å². The van der Waals surface area contributed by atoms with Crippen LogP contribution >= 0.6 is 11.6 Å². The lowest BCUT2D eigenvalue weighted by molar-refractivity contribution is 1.45. The fourth-order valence-electron chi connectivity index (χ4n) is 0.586. The van der Waals surface area contributed by atoms with E-state index in [1.165, 1.54) is 0 Å². The Bertz CT molecular complexity index is 197. The van der Waals surface area contributed by atoms with Crippen LogP contribution in [0.3, 0.4) is 0 Å². The number of halogens is 1. The molecule has 0 saturated carbocycles. The van der Waals surface area contributed by atoms with E-state index in [9.17, 15) is 0 Å². The number of rotatable bonds is 3. The van der Waals surface area contributed by atoms with Crippen LogP contribution in [0.4, 0.5) is 0 Å². The highest BCUT2D eigenvalue weighted by molar-refractivity contribution is 6.32. The Labute approximate surface area is 67.2 Å². The third-order valence-electron chi connectivity index (χ3n) is 1.10. The highest BCUT2D eigenvalue weighted by Gasteiger charge is 1.96. The highest BCUT2D eigenvalue weighted by atomic mass is 35.5. The van der Waals surface area contributed by atoms with Crippen LogP contribution < -0.4 is 0 Å². The van der Waals surface area contributed by atoms with Crippen LogP contribution in [-0.2, 0) is 0 Å². The van der Waals surface area contributed by atoms with Crippen LogP contribution in [0.1, 0.15) is 6.92 Å². The number of hydrogen-bond acceptors (Lipinski definition) is 0. The zero-order valence-corrected chi connectivity index (χ0v) is 6.91. The summed E-state index contributed by atoms with van der Waals surface area (Å²) in [5, 5.41) is 0.600. The Morgan fingerprint density at radius 1 is 1.30 bits per heavy atom. The normalized spacial score (nSPS) is 11.8. The maximum atomic E-state index is 5.76. The lowest BCUT2D eigenvalue weighted by Crippen LogP contribution is -1.80. The van der Waals surface area contributed by atoms with Crippen LogP contribution in [0.25, 0.3) is 0 Å². The van der Waals surface area contributed by atoms with Gasteiger partial charge in [0.15, 0.2) is 0 Å². The zero-order valence-electron chi connectivity index (χ0n) is 6.15. The van der Waals surface area contributed by atoms with Crippen molar-refractivity contribution in [2.75, 3.05) is 0 Å². The Hall–Kier alpha value is -0.750. The lowest BCUT2D eigenvalue weighted by atomic mass is 10.1. The molecule has 0 bridgehead atoms. The van der Waals surface area contributed by atoms with E-state index in [1.54, 1.807) is 12.2 Å². The first-order chi connectivity index (χ1) is 4.63. The second-order valence-electron chi connectivity index (χ2n) is 1.95. The molecule has 0 spiro atoms. The smallest absolute Gasteiger partial charge is 0.0474 e. The van der Waals surface area contributed by atoms with E-state index in [1.807, 2.05) is 6.92 Å². The first kappa shape index (κ1) is 9.25. The fraction of sp³-hybridized carbons (Fsp3) is 0.111. The summed E-state index contributed by atoms with van der Waals surface area (Å²) in [4.78, 5) is 0. The van der Waals surface area contributed by atoms with Gasteiger partial charge in [-0.05, 0) is 18.1 Å². The van der Waals surface area contributed by atoms with E-state index in [2.05, 4.69) is 19.7 Å². The summed E-state index contributed by atoms with van der Waals surface area (Å²) in [5.74, 6) is 0. The molecule has 0 aromatic heterocycles. The number of hydrogen-bond donors (Lipinski definition) is 0. The molecule has 0 fully saturated rings. The SMILES string of the molecule is C=C/C(Cl)=C(/C=C)C(=C)C. The first-order valence-electron chi connectivity index (χ1n) is 2.94. The number of allylic oxidation sites excluding steroid dienone is 5. The van der Waals surface area contributed by atoms with Crippen molar-refractivity contribution in [3.8, 4) is 0 Å². The van der Waals surface area contributed by atoms with Gasteiger partial charge in [0.1, 0.15) is 0 Å². The maximum absolute atomic E-state index is 5.76. The summed E-state index contributed by atoms with van der Waals surface area (Å²) in [6.07, 6.45) is 3.25. The Balaban J connectivity index is 4.79. The molecule has 0 aliphatic heterocycles. The van der Waals surface area contributed by atoms with Gasteiger partial charge < -0.3 is 0 Å². The van der Waals surface area contributed by atoms with Gasteiger partial charge in [0.2, 0.25) is 0 Å².